The SMILES string of the molecule is Cc1cccc(CN(C)S(=O)(=O)c2cc(CN)n(C)c2)c1. The van der Waals surface area contributed by atoms with Crippen LogP contribution in [-0.4, -0.2) is 24.3 Å². The molecule has 0 aliphatic rings. The van der Waals surface area contributed by atoms with Crippen molar-refractivity contribution in [2.45, 2.75) is 24.9 Å². The van der Waals surface area contributed by atoms with Crippen molar-refractivity contribution in [3.63, 3.8) is 0 Å². The van der Waals surface area contributed by atoms with Gasteiger partial charge in [-0.1, -0.05) is 29.8 Å². The number of nitrogens with two attached hydrogens (primary N) is 1. The van der Waals surface area contributed by atoms with Crippen LogP contribution in [-0.2, 0) is 30.2 Å². The Kier molecular flexibility index (Phi) is 4.51. The molecule has 0 spiro atoms. The molecule has 2 N–H and O–H groups in total. The molecule has 2 aromatic rings. The molecule has 0 aliphatic heterocycles. The Labute approximate surface area is 126 Å². The van der Waals surface area contributed by atoms with E-state index >= 15 is 0 Å². The molecule has 1 heterocycles. The van der Waals surface area contributed by atoms with Gasteiger partial charge in [0.15, 0.2) is 0 Å². The van der Waals surface area contributed by atoms with E-state index in [1.807, 2.05) is 31.2 Å². The molecule has 0 amide bonds. The molecule has 21 heavy (non-hydrogen) atoms. The summed E-state index contributed by atoms with van der Waals surface area (Å²) in [5.74, 6) is 0. The highest BCUT2D eigenvalue weighted by atomic mass is 32.2. The van der Waals surface area contributed by atoms with Crippen LogP contribution in [0.5, 0.6) is 0 Å². The van der Waals surface area contributed by atoms with Crippen LogP contribution in [0.2, 0.25) is 0 Å². The lowest BCUT2D eigenvalue weighted by Crippen LogP contribution is -2.26. The van der Waals surface area contributed by atoms with Crippen LogP contribution in [0, 0.1) is 6.92 Å². The summed E-state index contributed by atoms with van der Waals surface area (Å²) in [6.45, 7) is 2.65. The lowest BCUT2D eigenvalue weighted by molar-refractivity contribution is 0.466. The van der Waals surface area contributed by atoms with E-state index < -0.39 is 10.0 Å². The van der Waals surface area contributed by atoms with Gasteiger partial charge in [0.05, 0.1) is 0 Å². The smallest absolute Gasteiger partial charge is 0.244 e. The lowest BCUT2D eigenvalue weighted by Gasteiger charge is -2.16. The summed E-state index contributed by atoms with van der Waals surface area (Å²) in [7, 11) is -0.121. The Morgan fingerprint density at radius 3 is 2.57 bits per heavy atom. The van der Waals surface area contributed by atoms with E-state index in [2.05, 4.69) is 0 Å². The van der Waals surface area contributed by atoms with Gasteiger partial charge in [-0.2, -0.15) is 4.31 Å². The molecule has 1 aromatic heterocycles. The Bertz CT molecular complexity index is 735. The van der Waals surface area contributed by atoms with Gasteiger partial charge in [0, 0.05) is 39.1 Å². The summed E-state index contributed by atoms with van der Waals surface area (Å²) < 4.78 is 28.3. The molecule has 0 atom stereocenters. The van der Waals surface area contributed by atoms with Crippen molar-refractivity contribution in [1.82, 2.24) is 8.87 Å². The second-order valence-electron chi connectivity index (χ2n) is 5.23. The first-order valence-electron chi connectivity index (χ1n) is 6.72. The first-order chi connectivity index (χ1) is 9.84. The minimum atomic E-state index is -3.50. The van der Waals surface area contributed by atoms with E-state index in [-0.39, 0.29) is 4.90 Å². The first-order valence-corrected chi connectivity index (χ1v) is 8.16. The van der Waals surface area contributed by atoms with Gasteiger partial charge in [0.25, 0.3) is 0 Å². The minimum absolute atomic E-state index is 0.278. The van der Waals surface area contributed by atoms with Crippen LogP contribution < -0.4 is 5.73 Å². The van der Waals surface area contributed by atoms with Gasteiger partial charge in [-0.05, 0) is 18.6 Å². The van der Waals surface area contributed by atoms with E-state index in [4.69, 9.17) is 5.73 Å². The van der Waals surface area contributed by atoms with Gasteiger partial charge in [-0.15, -0.1) is 0 Å². The van der Waals surface area contributed by atoms with Crippen LogP contribution >= 0.6 is 0 Å². The number of nitrogens with zero attached hydrogens (tertiary/aromatic N) is 2. The van der Waals surface area contributed by atoms with Crippen LogP contribution in [0.1, 0.15) is 16.8 Å². The van der Waals surface area contributed by atoms with E-state index in [9.17, 15) is 8.42 Å². The largest absolute Gasteiger partial charge is 0.352 e. The first kappa shape index (κ1) is 15.8. The summed E-state index contributed by atoms with van der Waals surface area (Å²) in [4.78, 5) is 0.278. The molecule has 6 heteroatoms. The predicted molar refractivity (Wildman–Crippen MR) is 83.1 cm³/mol. The third kappa shape index (κ3) is 3.34. The third-order valence-electron chi connectivity index (χ3n) is 3.49. The lowest BCUT2D eigenvalue weighted by atomic mass is 10.1. The molecule has 2 rings (SSSR count). The van der Waals surface area contributed by atoms with Gasteiger partial charge in [-0.3, -0.25) is 0 Å². The molecule has 0 saturated carbocycles. The third-order valence-corrected chi connectivity index (χ3v) is 5.26. The zero-order valence-corrected chi connectivity index (χ0v) is 13.4. The Hall–Kier alpha value is -1.63. The average molecular weight is 307 g/mol. The molecule has 5 nitrogen and oxygen atoms in total. The maximum absolute atomic E-state index is 12.6. The number of benzene rings is 1. The van der Waals surface area contributed by atoms with Crippen molar-refractivity contribution in [2.75, 3.05) is 7.05 Å². The molecule has 114 valence electrons. The van der Waals surface area contributed by atoms with Gasteiger partial charge in [-0.25, -0.2) is 8.42 Å². The molecule has 0 radical (unpaired) electrons. The van der Waals surface area contributed by atoms with Crippen molar-refractivity contribution in [3.05, 3.63) is 53.3 Å². The van der Waals surface area contributed by atoms with Gasteiger partial charge < -0.3 is 10.3 Å². The summed E-state index contributed by atoms with van der Waals surface area (Å²) >= 11 is 0. The fourth-order valence-corrected chi connectivity index (χ4v) is 3.51. The second kappa shape index (κ2) is 6.01. The molecule has 1 aromatic carbocycles. The van der Waals surface area contributed by atoms with Crippen molar-refractivity contribution in [2.24, 2.45) is 12.8 Å². The molecule has 0 unspecified atom stereocenters. The van der Waals surface area contributed by atoms with E-state index in [1.165, 1.54) is 4.31 Å². The van der Waals surface area contributed by atoms with Crippen LogP contribution in [0.4, 0.5) is 0 Å². The maximum Gasteiger partial charge on any atom is 0.244 e. The van der Waals surface area contributed by atoms with Crippen molar-refractivity contribution < 1.29 is 8.42 Å². The Morgan fingerprint density at radius 2 is 2.00 bits per heavy atom. The van der Waals surface area contributed by atoms with Crippen LogP contribution in [0.3, 0.4) is 0 Å². The maximum atomic E-state index is 12.6. The normalized spacial score (nSPS) is 12.0. The number of sulfonamides is 1. The fraction of sp³-hybridized carbons (Fsp3) is 0.333. The molecule has 0 fully saturated rings. The number of hydrogen-bond acceptors (Lipinski definition) is 3. The van der Waals surface area contributed by atoms with Crippen LogP contribution in [0.15, 0.2) is 41.4 Å². The molecule has 0 aliphatic carbocycles. The van der Waals surface area contributed by atoms with Crippen molar-refractivity contribution in [1.29, 1.82) is 0 Å². The summed E-state index contributed by atoms with van der Waals surface area (Å²) in [5, 5.41) is 0. The summed E-state index contributed by atoms with van der Waals surface area (Å²) in [6.07, 6.45) is 1.60. The highest BCUT2D eigenvalue weighted by Crippen LogP contribution is 2.19. The summed E-state index contributed by atoms with van der Waals surface area (Å²) in [5.41, 5.74) is 8.47. The van der Waals surface area contributed by atoms with Gasteiger partial charge in [0.1, 0.15) is 4.90 Å². The highest BCUT2D eigenvalue weighted by molar-refractivity contribution is 7.89. The zero-order chi connectivity index (χ0) is 15.6. The number of hydrogen-bond donors (Lipinski definition) is 1. The van der Waals surface area contributed by atoms with Crippen molar-refractivity contribution >= 4 is 10.0 Å². The van der Waals surface area contributed by atoms with Crippen LogP contribution in [0.25, 0.3) is 0 Å². The standard InChI is InChI=1S/C15H21N3O2S/c1-12-5-4-6-13(7-12)10-18(3)21(19,20)15-8-14(9-16)17(2)11-15/h4-8,11H,9-10,16H2,1-3H3. The second-order valence-corrected chi connectivity index (χ2v) is 7.28. The van der Waals surface area contributed by atoms with E-state index in [0.717, 1.165) is 16.8 Å². The topological polar surface area (TPSA) is 68.3 Å². The quantitative estimate of drug-likeness (QED) is 0.912. The van der Waals surface area contributed by atoms with E-state index in [1.54, 1.807) is 30.9 Å². The Balaban J connectivity index is 2.26. The number of rotatable bonds is 5. The fourth-order valence-electron chi connectivity index (χ4n) is 2.25. The average Bonchev–Trinajstić information content (AvgIpc) is 2.80. The minimum Gasteiger partial charge on any atom is -0.352 e. The molecular weight excluding hydrogens is 286 g/mol. The Morgan fingerprint density at radius 1 is 1.29 bits per heavy atom. The van der Waals surface area contributed by atoms with E-state index in [0.29, 0.717) is 13.1 Å². The van der Waals surface area contributed by atoms with Gasteiger partial charge >= 0.3 is 0 Å². The number of aryl methyl sites for hydroxylation is 2. The van der Waals surface area contributed by atoms with Gasteiger partial charge in [0.2, 0.25) is 10.0 Å². The monoisotopic (exact) mass is 307 g/mol. The summed E-state index contributed by atoms with van der Waals surface area (Å²) in [6, 6.07) is 9.46. The zero-order valence-electron chi connectivity index (χ0n) is 12.6. The highest BCUT2D eigenvalue weighted by Gasteiger charge is 2.23. The number of aromatic nitrogens is 1. The molecular formula is C15H21N3O2S. The molecule has 0 bridgehead atoms. The molecule has 0 saturated heterocycles. The predicted octanol–water partition coefficient (Wildman–Crippen LogP) is 1.61. The van der Waals surface area contributed by atoms with Crippen molar-refractivity contribution in [3.8, 4) is 0 Å².